The molecule has 90 valence electrons. The number of hydrogen-bond acceptors (Lipinski definition) is 1. The lowest BCUT2D eigenvalue weighted by molar-refractivity contribution is 0.775. The van der Waals surface area contributed by atoms with Crippen molar-refractivity contribution >= 4 is 54.8 Å². The first-order valence-corrected chi connectivity index (χ1v) is 8.18. The standard InChI is InChI=1S/C13H11Br2ClS/c14-11-3-1-2-9(6-11)10(8-16)7-12-4-5-13(15)17-12/h1-6,10H,7-8H2. The fraction of sp³-hybridized carbons (Fsp3) is 0.231. The summed E-state index contributed by atoms with van der Waals surface area (Å²) in [5, 5.41) is 0. The first-order chi connectivity index (χ1) is 8.19. The molecule has 0 nitrogen and oxygen atoms in total. The zero-order valence-corrected chi connectivity index (χ0v) is 13.7. The van der Waals surface area contributed by atoms with Gasteiger partial charge in [0.05, 0.1) is 3.79 Å². The Labute approximate surface area is 127 Å². The molecule has 0 aliphatic rings. The van der Waals surface area contributed by atoms with Crippen molar-refractivity contribution in [2.45, 2.75) is 12.3 Å². The summed E-state index contributed by atoms with van der Waals surface area (Å²) in [6, 6.07) is 12.6. The van der Waals surface area contributed by atoms with Crippen LogP contribution in [0.25, 0.3) is 0 Å². The van der Waals surface area contributed by atoms with E-state index in [0.29, 0.717) is 11.8 Å². The molecule has 4 heteroatoms. The van der Waals surface area contributed by atoms with E-state index in [1.54, 1.807) is 11.3 Å². The normalized spacial score (nSPS) is 12.6. The highest BCUT2D eigenvalue weighted by atomic mass is 79.9. The molecule has 0 saturated carbocycles. The summed E-state index contributed by atoms with van der Waals surface area (Å²) in [7, 11) is 0. The Bertz CT molecular complexity index is 496. The average molecular weight is 395 g/mol. The average Bonchev–Trinajstić information content (AvgIpc) is 2.72. The molecule has 2 aromatic rings. The molecule has 1 unspecified atom stereocenters. The van der Waals surface area contributed by atoms with Gasteiger partial charge in [-0.15, -0.1) is 22.9 Å². The van der Waals surface area contributed by atoms with E-state index < -0.39 is 0 Å². The monoisotopic (exact) mass is 392 g/mol. The van der Waals surface area contributed by atoms with Crippen LogP contribution in [0.15, 0.2) is 44.7 Å². The first-order valence-electron chi connectivity index (χ1n) is 5.24. The second kappa shape index (κ2) is 6.37. The maximum absolute atomic E-state index is 6.09. The summed E-state index contributed by atoms with van der Waals surface area (Å²) < 4.78 is 2.28. The Kier molecular flexibility index (Phi) is 5.10. The second-order valence-corrected chi connectivity index (χ2v) is 7.59. The van der Waals surface area contributed by atoms with Gasteiger partial charge in [-0.3, -0.25) is 0 Å². The third kappa shape index (κ3) is 3.82. The largest absolute Gasteiger partial charge is 0.133 e. The van der Waals surface area contributed by atoms with E-state index in [4.69, 9.17) is 11.6 Å². The molecule has 0 N–H and O–H groups in total. The zero-order chi connectivity index (χ0) is 12.3. The van der Waals surface area contributed by atoms with Crippen LogP contribution >= 0.6 is 54.8 Å². The SMILES string of the molecule is ClCC(Cc1ccc(Br)s1)c1cccc(Br)c1. The number of halogens is 3. The van der Waals surface area contributed by atoms with Crippen LogP contribution in [0.3, 0.4) is 0 Å². The summed E-state index contributed by atoms with van der Waals surface area (Å²) in [6.45, 7) is 0. The first kappa shape index (κ1) is 13.6. The van der Waals surface area contributed by atoms with Crippen molar-refractivity contribution < 1.29 is 0 Å². The number of benzene rings is 1. The van der Waals surface area contributed by atoms with Gasteiger partial charge in [0.2, 0.25) is 0 Å². The molecular formula is C13H11Br2ClS. The van der Waals surface area contributed by atoms with Crippen LogP contribution in [-0.2, 0) is 6.42 Å². The van der Waals surface area contributed by atoms with Crippen LogP contribution in [0.5, 0.6) is 0 Å². The van der Waals surface area contributed by atoms with Crippen LogP contribution in [0.2, 0.25) is 0 Å². The lowest BCUT2D eigenvalue weighted by atomic mass is 9.97. The number of thiophene rings is 1. The van der Waals surface area contributed by atoms with Gasteiger partial charge in [0.1, 0.15) is 0 Å². The molecule has 2 rings (SSSR count). The molecule has 17 heavy (non-hydrogen) atoms. The molecule has 0 bridgehead atoms. The van der Waals surface area contributed by atoms with E-state index in [1.807, 2.05) is 6.07 Å². The van der Waals surface area contributed by atoms with Crippen LogP contribution in [-0.4, -0.2) is 5.88 Å². The van der Waals surface area contributed by atoms with Gasteiger partial charge in [0.15, 0.2) is 0 Å². The molecule has 1 heterocycles. The molecule has 0 spiro atoms. The molecule has 0 aliphatic carbocycles. The Morgan fingerprint density at radius 2 is 2.00 bits per heavy atom. The van der Waals surface area contributed by atoms with Gasteiger partial charge in [0, 0.05) is 21.1 Å². The van der Waals surface area contributed by atoms with Crippen LogP contribution in [0.4, 0.5) is 0 Å². The van der Waals surface area contributed by atoms with Gasteiger partial charge in [0.25, 0.3) is 0 Å². The Morgan fingerprint density at radius 1 is 1.18 bits per heavy atom. The van der Waals surface area contributed by atoms with Crippen molar-refractivity contribution in [2.24, 2.45) is 0 Å². The van der Waals surface area contributed by atoms with E-state index in [2.05, 4.69) is 62.2 Å². The zero-order valence-electron chi connectivity index (χ0n) is 9.00. The lowest BCUT2D eigenvalue weighted by Crippen LogP contribution is -2.03. The number of hydrogen-bond donors (Lipinski definition) is 0. The minimum atomic E-state index is 0.375. The van der Waals surface area contributed by atoms with Crippen LogP contribution < -0.4 is 0 Å². The van der Waals surface area contributed by atoms with Crippen LogP contribution in [0.1, 0.15) is 16.4 Å². The van der Waals surface area contributed by atoms with Gasteiger partial charge in [-0.05, 0) is 52.2 Å². The summed E-state index contributed by atoms with van der Waals surface area (Å²) in [5.74, 6) is 1.02. The number of rotatable bonds is 4. The topological polar surface area (TPSA) is 0 Å². The fourth-order valence-electron chi connectivity index (χ4n) is 1.73. The van der Waals surface area contributed by atoms with Crippen molar-refractivity contribution in [1.29, 1.82) is 0 Å². The predicted octanol–water partition coefficient (Wildman–Crippen LogP) is 5.84. The van der Waals surface area contributed by atoms with Crippen molar-refractivity contribution in [1.82, 2.24) is 0 Å². The second-order valence-electron chi connectivity index (χ2n) is 3.82. The highest BCUT2D eigenvalue weighted by Crippen LogP contribution is 2.29. The van der Waals surface area contributed by atoms with E-state index in [9.17, 15) is 0 Å². The molecule has 0 radical (unpaired) electrons. The minimum Gasteiger partial charge on any atom is -0.133 e. The maximum Gasteiger partial charge on any atom is 0.0701 e. The van der Waals surface area contributed by atoms with Crippen molar-refractivity contribution in [2.75, 3.05) is 5.88 Å². The van der Waals surface area contributed by atoms with E-state index in [0.717, 1.165) is 10.9 Å². The van der Waals surface area contributed by atoms with E-state index in [1.165, 1.54) is 14.2 Å². The third-order valence-electron chi connectivity index (χ3n) is 2.58. The van der Waals surface area contributed by atoms with Gasteiger partial charge in [-0.2, -0.15) is 0 Å². The van der Waals surface area contributed by atoms with Crippen molar-refractivity contribution in [3.05, 3.63) is 55.1 Å². The quantitative estimate of drug-likeness (QED) is 0.572. The highest BCUT2D eigenvalue weighted by Gasteiger charge is 2.12. The van der Waals surface area contributed by atoms with Gasteiger partial charge in [-0.1, -0.05) is 28.1 Å². The van der Waals surface area contributed by atoms with E-state index >= 15 is 0 Å². The molecule has 0 aliphatic heterocycles. The number of alkyl halides is 1. The summed E-state index contributed by atoms with van der Waals surface area (Å²) in [5.41, 5.74) is 1.29. The van der Waals surface area contributed by atoms with Gasteiger partial charge in [-0.25, -0.2) is 0 Å². The molecular weight excluding hydrogens is 383 g/mol. The molecule has 1 atom stereocenters. The van der Waals surface area contributed by atoms with Crippen LogP contribution in [0, 0.1) is 0 Å². The molecule has 1 aromatic heterocycles. The van der Waals surface area contributed by atoms with Gasteiger partial charge < -0.3 is 0 Å². The Balaban J connectivity index is 2.16. The molecule has 0 saturated heterocycles. The maximum atomic E-state index is 6.09. The summed E-state index contributed by atoms with van der Waals surface area (Å²) in [6.07, 6.45) is 0.996. The summed E-state index contributed by atoms with van der Waals surface area (Å²) in [4.78, 5) is 1.36. The summed E-state index contributed by atoms with van der Waals surface area (Å²) >= 11 is 14.9. The fourth-order valence-corrected chi connectivity index (χ4v) is 3.99. The minimum absolute atomic E-state index is 0.375. The van der Waals surface area contributed by atoms with Crippen molar-refractivity contribution in [3.8, 4) is 0 Å². The Morgan fingerprint density at radius 3 is 2.59 bits per heavy atom. The van der Waals surface area contributed by atoms with Crippen molar-refractivity contribution in [3.63, 3.8) is 0 Å². The Hall–Kier alpha value is 0.170. The third-order valence-corrected chi connectivity index (χ3v) is 5.09. The predicted molar refractivity (Wildman–Crippen MR) is 83.3 cm³/mol. The van der Waals surface area contributed by atoms with E-state index in [-0.39, 0.29) is 0 Å². The molecule has 0 fully saturated rings. The lowest BCUT2D eigenvalue weighted by Gasteiger charge is -2.13. The molecule has 0 amide bonds. The van der Waals surface area contributed by atoms with Gasteiger partial charge >= 0.3 is 0 Å². The highest BCUT2D eigenvalue weighted by molar-refractivity contribution is 9.11. The smallest absolute Gasteiger partial charge is 0.0701 e. The molecule has 1 aromatic carbocycles.